The predicted molar refractivity (Wildman–Crippen MR) is 87.9 cm³/mol. The van der Waals surface area contributed by atoms with Gasteiger partial charge in [-0.15, -0.1) is 0 Å². The first-order chi connectivity index (χ1) is 11.6. The number of halogens is 4. The number of carbonyl (C=O) groups excluding carboxylic acids is 3. The Morgan fingerprint density at radius 3 is 2.28 bits per heavy atom. The van der Waals surface area contributed by atoms with E-state index in [0.29, 0.717) is 9.04 Å². The third kappa shape index (κ3) is 4.66. The topological polar surface area (TPSA) is 56.1 Å². The number of hydrogen-bond acceptors (Lipinski definition) is 3. The molecule has 0 spiro atoms. The van der Waals surface area contributed by atoms with Crippen LogP contribution in [0.15, 0.2) is 41.0 Å². The van der Waals surface area contributed by atoms with E-state index in [9.17, 15) is 27.6 Å². The number of rotatable bonds is 6. The summed E-state index contributed by atoms with van der Waals surface area (Å²) >= 11 is 3.18. The summed E-state index contributed by atoms with van der Waals surface area (Å²) in [6.07, 6.45) is -3.68. The number of hydrogen-bond donors (Lipinski definition) is 0. The van der Waals surface area contributed by atoms with Gasteiger partial charge in [0.1, 0.15) is 6.54 Å². The van der Waals surface area contributed by atoms with Gasteiger partial charge in [0.25, 0.3) is 0 Å². The average Bonchev–Trinajstić information content (AvgIpc) is 2.94. The highest BCUT2D eigenvalue weighted by Crippen LogP contribution is 2.22. The van der Waals surface area contributed by atoms with E-state index in [0.717, 1.165) is 12.3 Å². The third-order valence-electron chi connectivity index (χ3n) is 3.41. The van der Waals surface area contributed by atoms with Crippen LogP contribution in [-0.4, -0.2) is 28.1 Å². The highest BCUT2D eigenvalue weighted by molar-refractivity contribution is 9.10. The van der Waals surface area contributed by atoms with Crippen LogP contribution in [0.5, 0.6) is 0 Å². The number of ketones is 3. The van der Waals surface area contributed by atoms with E-state index >= 15 is 0 Å². The van der Waals surface area contributed by atoms with Crippen LogP contribution >= 0.6 is 15.9 Å². The Bertz CT molecular complexity index is 840. The fourth-order valence-corrected chi connectivity index (χ4v) is 2.67. The van der Waals surface area contributed by atoms with Gasteiger partial charge in [0, 0.05) is 28.2 Å². The minimum Gasteiger partial charge on any atom is -0.335 e. The lowest BCUT2D eigenvalue weighted by molar-refractivity contribution is -0.140. The number of aromatic nitrogens is 1. The van der Waals surface area contributed by atoms with Crippen LogP contribution in [0.25, 0.3) is 0 Å². The molecule has 1 heterocycles. The number of alkyl halides is 3. The Labute approximate surface area is 149 Å². The molecule has 0 aliphatic heterocycles. The Morgan fingerprint density at radius 2 is 1.72 bits per heavy atom. The normalized spacial score (nSPS) is 11.4. The monoisotopic (exact) mass is 415 g/mol. The molecule has 0 fully saturated rings. The fourth-order valence-electron chi connectivity index (χ4n) is 2.27. The van der Waals surface area contributed by atoms with Gasteiger partial charge in [-0.25, -0.2) is 0 Å². The van der Waals surface area contributed by atoms with Crippen molar-refractivity contribution >= 4 is 33.3 Å². The number of Topliss-reactive ketones (excluding diaryl/α,β-unsaturated/α-hetero) is 3. The third-order valence-corrected chi connectivity index (χ3v) is 3.90. The molecule has 132 valence electrons. The van der Waals surface area contributed by atoms with Crippen LogP contribution in [0.2, 0.25) is 0 Å². The van der Waals surface area contributed by atoms with Crippen LogP contribution in [0, 0.1) is 0 Å². The molecule has 0 unspecified atom stereocenters. The van der Waals surface area contributed by atoms with Crippen molar-refractivity contribution in [2.75, 3.05) is 0 Å². The summed E-state index contributed by atoms with van der Waals surface area (Å²) in [7, 11) is 0. The van der Waals surface area contributed by atoms with Crippen molar-refractivity contribution in [3.8, 4) is 0 Å². The van der Waals surface area contributed by atoms with Crippen LogP contribution < -0.4 is 0 Å². The molecule has 0 saturated carbocycles. The summed E-state index contributed by atoms with van der Waals surface area (Å²) in [4.78, 5) is 36.4. The molecule has 0 N–H and O–H groups in total. The largest absolute Gasteiger partial charge is 0.406 e. The second-order valence-electron chi connectivity index (χ2n) is 5.30. The summed E-state index contributed by atoms with van der Waals surface area (Å²) in [6.45, 7) is 0.0911. The summed E-state index contributed by atoms with van der Waals surface area (Å²) < 4.78 is 39.3. The molecule has 25 heavy (non-hydrogen) atoms. The second-order valence-corrected chi connectivity index (χ2v) is 6.22. The van der Waals surface area contributed by atoms with E-state index in [1.54, 1.807) is 12.1 Å². The van der Waals surface area contributed by atoms with Crippen LogP contribution in [-0.2, 0) is 6.54 Å². The van der Waals surface area contributed by atoms with E-state index in [-0.39, 0.29) is 23.2 Å². The van der Waals surface area contributed by atoms with Crippen LogP contribution in [0.4, 0.5) is 13.2 Å². The van der Waals surface area contributed by atoms with Crippen molar-refractivity contribution in [1.29, 1.82) is 0 Å². The highest BCUT2D eigenvalue weighted by atomic mass is 79.9. The summed E-state index contributed by atoms with van der Waals surface area (Å²) in [5, 5.41) is 0. The molecular formula is C17H13BrF3NO3. The molecule has 1 aromatic carbocycles. The van der Waals surface area contributed by atoms with Crippen molar-refractivity contribution in [1.82, 2.24) is 4.57 Å². The molecule has 0 aliphatic carbocycles. The number of carbonyl (C=O) groups is 3. The molecule has 0 bridgehead atoms. The zero-order valence-electron chi connectivity index (χ0n) is 13.1. The second kappa shape index (κ2) is 7.35. The Kier molecular flexibility index (Phi) is 5.62. The molecule has 1 aromatic heterocycles. The van der Waals surface area contributed by atoms with Gasteiger partial charge < -0.3 is 4.57 Å². The standard InChI is InChI=1S/C17H13BrF3NO3/c1-2-14(23)13-7-11(8-22(13)9-17(19,20)21)16(25)15(24)10-4-3-5-12(18)6-10/h3-8H,2,9H2,1H3. The van der Waals surface area contributed by atoms with Gasteiger partial charge in [0.15, 0.2) is 5.78 Å². The molecule has 4 nitrogen and oxygen atoms in total. The molecule has 0 saturated heterocycles. The first-order valence-corrected chi connectivity index (χ1v) is 8.06. The van der Waals surface area contributed by atoms with Gasteiger partial charge in [-0.1, -0.05) is 35.0 Å². The van der Waals surface area contributed by atoms with Crippen LogP contribution in [0.3, 0.4) is 0 Å². The molecule has 8 heteroatoms. The average molecular weight is 416 g/mol. The highest BCUT2D eigenvalue weighted by Gasteiger charge is 2.31. The van der Waals surface area contributed by atoms with Crippen molar-refractivity contribution in [3.05, 3.63) is 57.8 Å². The molecular weight excluding hydrogens is 403 g/mol. The van der Waals surface area contributed by atoms with Gasteiger partial charge in [-0.05, 0) is 18.2 Å². The maximum atomic E-state index is 12.7. The minimum atomic E-state index is -4.56. The molecule has 0 aliphatic rings. The van der Waals surface area contributed by atoms with Crippen molar-refractivity contribution < 1.29 is 27.6 Å². The smallest absolute Gasteiger partial charge is 0.335 e. The summed E-state index contributed by atoms with van der Waals surface area (Å²) in [5.41, 5.74) is -0.387. The maximum absolute atomic E-state index is 12.7. The van der Waals surface area contributed by atoms with Gasteiger partial charge >= 0.3 is 6.18 Å². The number of benzene rings is 1. The first kappa shape index (κ1) is 19.1. The van der Waals surface area contributed by atoms with Gasteiger partial charge in [0.05, 0.1) is 5.69 Å². The summed E-state index contributed by atoms with van der Waals surface area (Å²) in [6, 6.07) is 7.13. The number of nitrogens with zero attached hydrogens (tertiary/aromatic N) is 1. The van der Waals surface area contributed by atoms with Gasteiger partial charge in [-0.2, -0.15) is 13.2 Å². The Morgan fingerprint density at radius 1 is 1.08 bits per heavy atom. The summed E-state index contributed by atoms with van der Waals surface area (Å²) in [5.74, 6) is -2.37. The predicted octanol–water partition coefficient (Wildman–Crippen LogP) is 4.47. The molecule has 2 aromatic rings. The van der Waals surface area contributed by atoms with E-state index in [1.165, 1.54) is 19.1 Å². The zero-order valence-corrected chi connectivity index (χ0v) is 14.6. The van der Waals surface area contributed by atoms with Crippen LogP contribution in [0.1, 0.15) is 44.5 Å². The van der Waals surface area contributed by atoms with E-state index < -0.39 is 30.1 Å². The van der Waals surface area contributed by atoms with Crippen molar-refractivity contribution in [2.45, 2.75) is 26.1 Å². The van der Waals surface area contributed by atoms with E-state index in [1.807, 2.05) is 0 Å². The van der Waals surface area contributed by atoms with Gasteiger partial charge in [-0.3, -0.25) is 14.4 Å². The first-order valence-electron chi connectivity index (χ1n) is 7.27. The lowest BCUT2D eigenvalue weighted by Gasteiger charge is -2.10. The van der Waals surface area contributed by atoms with Crippen molar-refractivity contribution in [2.24, 2.45) is 0 Å². The Hall–Kier alpha value is -2.22. The van der Waals surface area contributed by atoms with Crippen molar-refractivity contribution in [3.63, 3.8) is 0 Å². The molecule has 0 atom stereocenters. The molecule has 0 radical (unpaired) electrons. The minimum absolute atomic E-state index is 0.0188. The zero-order chi connectivity index (χ0) is 18.8. The SMILES string of the molecule is CCC(=O)c1cc(C(=O)C(=O)c2cccc(Br)c2)cn1CC(F)(F)F. The molecule has 2 rings (SSSR count). The lowest BCUT2D eigenvalue weighted by Crippen LogP contribution is -2.20. The van der Waals surface area contributed by atoms with Gasteiger partial charge in [0.2, 0.25) is 11.6 Å². The quantitative estimate of drug-likeness (QED) is 0.516. The maximum Gasteiger partial charge on any atom is 0.406 e. The molecule has 0 amide bonds. The lowest BCUT2D eigenvalue weighted by atomic mass is 10.0. The van der Waals surface area contributed by atoms with E-state index in [4.69, 9.17) is 0 Å². The van der Waals surface area contributed by atoms with E-state index in [2.05, 4.69) is 15.9 Å². The Balaban J connectivity index is 2.39. The fraction of sp³-hybridized carbons (Fsp3) is 0.235.